The molecule has 0 saturated heterocycles. The van der Waals surface area contributed by atoms with Crippen LogP contribution >= 0.6 is 0 Å². The Hall–Kier alpha value is -2.38. The second-order valence-electron chi connectivity index (χ2n) is 6.03. The van der Waals surface area contributed by atoms with Gasteiger partial charge in [0, 0.05) is 25.4 Å². The number of methoxy groups -OCH3 is 1. The Bertz CT molecular complexity index is 752. The second kappa shape index (κ2) is 7.75. The van der Waals surface area contributed by atoms with Crippen LogP contribution < -0.4 is 5.56 Å². The van der Waals surface area contributed by atoms with Gasteiger partial charge >= 0.3 is 0 Å². The summed E-state index contributed by atoms with van der Waals surface area (Å²) in [5.74, 6) is 0.514. The van der Waals surface area contributed by atoms with E-state index < -0.39 is 0 Å². The normalized spacial score (nSPS) is 10.7. The number of benzene rings is 1. The third-order valence-corrected chi connectivity index (χ3v) is 3.80. The van der Waals surface area contributed by atoms with E-state index in [9.17, 15) is 10.1 Å². The lowest BCUT2D eigenvalue weighted by Gasteiger charge is -2.11. The molecule has 0 aliphatic carbocycles. The van der Waals surface area contributed by atoms with Crippen LogP contribution in [0.1, 0.15) is 31.4 Å². The third-order valence-electron chi connectivity index (χ3n) is 3.80. The van der Waals surface area contributed by atoms with Crippen molar-refractivity contribution < 1.29 is 4.74 Å². The number of pyridine rings is 1. The van der Waals surface area contributed by atoms with Crippen molar-refractivity contribution in [2.45, 2.75) is 33.4 Å². The van der Waals surface area contributed by atoms with E-state index in [1.165, 1.54) is 0 Å². The Kier molecular flexibility index (Phi) is 5.72. The molecule has 120 valence electrons. The molecule has 23 heavy (non-hydrogen) atoms. The van der Waals surface area contributed by atoms with Gasteiger partial charge in [0.1, 0.15) is 11.6 Å². The molecule has 0 aliphatic heterocycles. The number of aromatic nitrogens is 1. The molecule has 4 nitrogen and oxygen atoms in total. The molecule has 1 aromatic heterocycles. The van der Waals surface area contributed by atoms with E-state index in [1.54, 1.807) is 17.9 Å². The molecule has 4 heteroatoms. The Balaban J connectivity index is 2.38. The highest BCUT2D eigenvalue weighted by atomic mass is 16.5. The molecule has 0 radical (unpaired) electrons. The van der Waals surface area contributed by atoms with Gasteiger partial charge in [-0.05, 0) is 29.5 Å². The highest BCUT2D eigenvalue weighted by molar-refractivity contribution is 5.69. The van der Waals surface area contributed by atoms with Gasteiger partial charge in [-0.25, -0.2) is 0 Å². The van der Waals surface area contributed by atoms with Gasteiger partial charge in [0.2, 0.25) is 0 Å². The molecule has 0 unspecified atom stereocenters. The summed E-state index contributed by atoms with van der Waals surface area (Å²) < 4.78 is 6.72. The smallest absolute Gasteiger partial charge is 0.269 e. The van der Waals surface area contributed by atoms with Crippen molar-refractivity contribution in [2.75, 3.05) is 7.11 Å². The van der Waals surface area contributed by atoms with Crippen molar-refractivity contribution in [2.24, 2.45) is 5.92 Å². The topological polar surface area (TPSA) is 55.0 Å². The van der Waals surface area contributed by atoms with Gasteiger partial charge in [0.15, 0.2) is 0 Å². The van der Waals surface area contributed by atoms with Crippen LogP contribution in [-0.4, -0.2) is 11.7 Å². The maximum absolute atomic E-state index is 12.5. The monoisotopic (exact) mass is 310 g/mol. The van der Waals surface area contributed by atoms with Crippen LogP contribution in [0.15, 0.2) is 41.3 Å². The van der Waals surface area contributed by atoms with E-state index in [0.717, 1.165) is 17.5 Å². The van der Waals surface area contributed by atoms with E-state index >= 15 is 0 Å². The predicted molar refractivity (Wildman–Crippen MR) is 91.0 cm³/mol. The first-order valence-electron chi connectivity index (χ1n) is 7.78. The number of hydrogen-bond acceptors (Lipinski definition) is 3. The molecular weight excluding hydrogens is 288 g/mol. The number of nitrogens with zero attached hydrogens (tertiary/aromatic N) is 2. The van der Waals surface area contributed by atoms with Gasteiger partial charge in [0.25, 0.3) is 5.56 Å². The maximum atomic E-state index is 12.5. The minimum absolute atomic E-state index is 0.204. The zero-order chi connectivity index (χ0) is 16.8. The van der Waals surface area contributed by atoms with Crippen LogP contribution in [-0.2, 0) is 17.9 Å². The molecule has 0 atom stereocenters. The summed E-state index contributed by atoms with van der Waals surface area (Å²) in [7, 11) is 1.65. The van der Waals surface area contributed by atoms with Crippen molar-refractivity contribution >= 4 is 0 Å². The van der Waals surface area contributed by atoms with Crippen molar-refractivity contribution in [1.29, 1.82) is 5.26 Å². The number of ether oxygens (including phenoxy) is 1. The average Bonchev–Trinajstić information content (AvgIpc) is 2.54. The fraction of sp³-hybridized carbons (Fsp3) is 0.368. The molecule has 0 amide bonds. The van der Waals surface area contributed by atoms with Crippen LogP contribution in [0.2, 0.25) is 0 Å². The Labute approximate surface area is 137 Å². The summed E-state index contributed by atoms with van der Waals surface area (Å²) in [4.78, 5) is 12.5. The van der Waals surface area contributed by atoms with Crippen LogP contribution in [0.4, 0.5) is 0 Å². The Morgan fingerprint density at radius 1 is 1.22 bits per heavy atom. The molecule has 0 N–H and O–H groups in total. The SMILES string of the molecule is COCc1ccc(-c2ccn(CCC(C)C)c(=O)c2C#N)cc1. The highest BCUT2D eigenvalue weighted by Crippen LogP contribution is 2.22. The second-order valence-corrected chi connectivity index (χ2v) is 6.03. The molecule has 0 fully saturated rings. The number of hydrogen-bond donors (Lipinski definition) is 0. The largest absolute Gasteiger partial charge is 0.380 e. The van der Waals surface area contributed by atoms with Gasteiger partial charge in [-0.1, -0.05) is 38.1 Å². The van der Waals surface area contributed by atoms with Gasteiger partial charge in [0.05, 0.1) is 6.61 Å². The van der Waals surface area contributed by atoms with Crippen LogP contribution in [0.25, 0.3) is 11.1 Å². The first kappa shape index (κ1) is 17.0. The lowest BCUT2D eigenvalue weighted by Crippen LogP contribution is -2.23. The lowest BCUT2D eigenvalue weighted by molar-refractivity contribution is 0.185. The zero-order valence-electron chi connectivity index (χ0n) is 13.9. The average molecular weight is 310 g/mol. The summed E-state index contributed by atoms with van der Waals surface area (Å²) in [6.45, 7) is 5.42. The van der Waals surface area contributed by atoms with E-state index in [2.05, 4.69) is 19.9 Å². The standard InChI is InChI=1S/C19H22N2O2/c1-14(2)8-10-21-11-9-17(18(12-20)19(21)22)16-6-4-15(5-7-16)13-23-3/h4-7,9,11,14H,8,10,13H2,1-3H3. The van der Waals surface area contributed by atoms with Crippen molar-refractivity contribution in [3.63, 3.8) is 0 Å². The predicted octanol–water partition coefficient (Wildman–Crippen LogP) is 3.58. The van der Waals surface area contributed by atoms with Crippen LogP contribution in [0, 0.1) is 17.2 Å². The summed E-state index contributed by atoms with van der Waals surface area (Å²) in [5, 5.41) is 9.42. The van der Waals surface area contributed by atoms with Gasteiger partial charge < -0.3 is 9.30 Å². The molecule has 1 heterocycles. The van der Waals surface area contributed by atoms with Gasteiger partial charge in [-0.15, -0.1) is 0 Å². The maximum Gasteiger partial charge on any atom is 0.269 e. The molecule has 1 aromatic carbocycles. The summed E-state index contributed by atoms with van der Waals surface area (Å²) >= 11 is 0. The quantitative estimate of drug-likeness (QED) is 0.819. The Morgan fingerprint density at radius 2 is 1.91 bits per heavy atom. The van der Waals surface area contributed by atoms with Crippen molar-refractivity contribution in [3.8, 4) is 17.2 Å². The van der Waals surface area contributed by atoms with E-state index in [4.69, 9.17) is 4.74 Å². The fourth-order valence-corrected chi connectivity index (χ4v) is 2.44. The molecule has 2 aromatic rings. The minimum atomic E-state index is -0.216. The van der Waals surface area contributed by atoms with Gasteiger partial charge in [-0.2, -0.15) is 5.26 Å². The van der Waals surface area contributed by atoms with E-state index in [0.29, 0.717) is 24.6 Å². The van der Waals surface area contributed by atoms with E-state index in [1.807, 2.05) is 30.3 Å². The van der Waals surface area contributed by atoms with Crippen molar-refractivity contribution in [1.82, 2.24) is 4.57 Å². The molecule has 0 aliphatic rings. The highest BCUT2D eigenvalue weighted by Gasteiger charge is 2.12. The van der Waals surface area contributed by atoms with Crippen LogP contribution in [0.5, 0.6) is 0 Å². The molecule has 0 bridgehead atoms. The fourth-order valence-electron chi connectivity index (χ4n) is 2.44. The summed E-state index contributed by atoms with van der Waals surface area (Å²) in [5.41, 5.74) is 2.60. The summed E-state index contributed by atoms with van der Waals surface area (Å²) in [6, 6.07) is 11.7. The number of rotatable bonds is 6. The first-order chi connectivity index (χ1) is 11.1. The minimum Gasteiger partial charge on any atom is -0.380 e. The molecule has 2 rings (SSSR count). The van der Waals surface area contributed by atoms with E-state index in [-0.39, 0.29) is 11.1 Å². The molecule has 0 spiro atoms. The van der Waals surface area contributed by atoms with Crippen LogP contribution in [0.3, 0.4) is 0 Å². The van der Waals surface area contributed by atoms with Crippen molar-refractivity contribution in [3.05, 3.63) is 58.0 Å². The third kappa shape index (κ3) is 4.08. The molecular formula is C19H22N2O2. The first-order valence-corrected chi connectivity index (χ1v) is 7.78. The molecule has 0 saturated carbocycles. The van der Waals surface area contributed by atoms with Gasteiger partial charge in [-0.3, -0.25) is 4.79 Å². The Morgan fingerprint density at radius 3 is 2.48 bits per heavy atom. The number of aryl methyl sites for hydroxylation is 1. The summed E-state index contributed by atoms with van der Waals surface area (Å²) in [6.07, 6.45) is 2.69. The zero-order valence-corrected chi connectivity index (χ0v) is 13.9. The number of nitriles is 1. The lowest BCUT2D eigenvalue weighted by atomic mass is 10.0.